The fourth-order valence-corrected chi connectivity index (χ4v) is 6.24. The first-order chi connectivity index (χ1) is 16.4. The van der Waals surface area contributed by atoms with Crippen LogP contribution in [0.4, 0.5) is 5.69 Å². The highest BCUT2D eigenvalue weighted by Crippen LogP contribution is 2.39. The summed E-state index contributed by atoms with van der Waals surface area (Å²) >= 11 is 0. The number of rotatable bonds is 4. The normalized spacial score (nSPS) is 18.2. The molecule has 2 aliphatic heterocycles. The second-order valence-electron chi connectivity index (χ2n) is 8.51. The average Bonchev–Trinajstić information content (AvgIpc) is 3.00. The van der Waals surface area contributed by atoms with Crippen molar-refractivity contribution in [2.24, 2.45) is 4.99 Å². The first-order valence-corrected chi connectivity index (χ1v) is 12.9. The second kappa shape index (κ2) is 9.12. The lowest BCUT2D eigenvalue weighted by Crippen LogP contribution is -2.55. The fourth-order valence-electron chi connectivity index (χ4n) is 4.48. The number of sulfonamides is 1. The summed E-state index contributed by atoms with van der Waals surface area (Å²) in [6.45, 7) is 3.40. The number of nitrogens with zero attached hydrogens (tertiary/aromatic N) is 3. The fraction of sp³-hybridized carbons (Fsp3) is 0.269. The molecule has 3 aromatic rings. The number of fused-ring (bicyclic) bond motifs is 2. The van der Waals surface area contributed by atoms with E-state index in [-0.39, 0.29) is 11.8 Å². The van der Waals surface area contributed by atoms with Gasteiger partial charge in [0, 0.05) is 31.7 Å². The molecule has 3 aromatic carbocycles. The first-order valence-electron chi connectivity index (χ1n) is 11.3. The minimum absolute atomic E-state index is 0.00295. The summed E-state index contributed by atoms with van der Waals surface area (Å²) in [6.07, 6.45) is 0. The summed E-state index contributed by atoms with van der Waals surface area (Å²) in [4.78, 5) is 7.11. The van der Waals surface area contributed by atoms with Crippen molar-refractivity contribution in [3.8, 4) is 17.2 Å². The first kappa shape index (κ1) is 22.4. The van der Waals surface area contributed by atoms with Crippen molar-refractivity contribution in [3.63, 3.8) is 0 Å². The maximum absolute atomic E-state index is 13.2. The highest BCUT2D eigenvalue weighted by Gasteiger charge is 2.35. The number of hydrogen-bond donors (Lipinski definition) is 0. The van der Waals surface area contributed by atoms with E-state index in [9.17, 15) is 8.42 Å². The van der Waals surface area contributed by atoms with Crippen LogP contribution in [0.15, 0.2) is 77.8 Å². The smallest absolute Gasteiger partial charge is 0.218 e. The van der Waals surface area contributed by atoms with Crippen LogP contribution in [-0.2, 0) is 15.8 Å². The summed E-state index contributed by atoms with van der Waals surface area (Å²) in [6, 6.07) is 22.5. The van der Waals surface area contributed by atoms with Gasteiger partial charge in [0.15, 0.2) is 5.75 Å². The molecule has 7 nitrogen and oxygen atoms in total. The van der Waals surface area contributed by atoms with Crippen LogP contribution in [0.2, 0.25) is 0 Å². The highest BCUT2D eigenvalue weighted by atomic mass is 32.2. The van der Waals surface area contributed by atoms with Crippen molar-refractivity contribution in [1.29, 1.82) is 0 Å². The van der Waals surface area contributed by atoms with Crippen molar-refractivity contribution >= 4 is 21.5 Å². The zero-order chi connectivity index (χ0) is 23.7. The molecule has 34 heavy (non-hydrogen) atoms. The number of aliphatic imine (C=N–C) groups is 1. The van der Waals surface area contributed by atoms with Gasteiger partial charge in [-0.15, -0.1) is 0 Å². The van der Waals surface area contributed by atoms with Gasteiger partial charge in [-0.25, -0.2) is 13.4 Å². The topological polar surface area (TPSA) is 71.4 Å². The molecule has 0 aliphatic carbocycles. The van der Waals surface area contributed by atoms with Crippen LogP contribution in [0.25, 0.3) is 0 Å². The van der Waals surface area contributed by atoms with Crippen LogP contribution in [0.5, 0.6) is 17.2 Å². The molecular weight excluding hydrogens is 450 g/mol. The van der Waals surface area contributed by atoms with E-state index in [1.807, 2.05) is 79.7 Å². The number of ether oxygens (including phenoxy) is 2. The van der Waals surface area contributed by atoms with E-state index in [1.54, 1.807) is 11.4 Å². The molecule has 8 heteroatoms. The number of hydrogen-bond acceptors (Lipinski definition) is 6. The molecule has 0 radical (unpaired) electrons. The molecule has 0 N–H and O–H groups in total. The van der Waals surface area contributed by atoms with Crippen molar-refractivity contribution in [2.75, 3.05) is 26.7 Å². The van der Waals surface area contributed by atoms with E-state index < -0.39 is 10.0 Å². The molecule has 1 unspecified atom stereocenters. The van der Waals surface area contributed by atoms with E-state index in [1.165, 1.54) is 0 Å². The highest BCUT2D eigenvalue weighted by molar-refractivity contribution is 7.88. The summed E-state index contributed by atoms with van der Waals surface area (Å²) in [5, 5.41) is 0. The molecule has 5 rings (SSSR count). The number of benzene rings is 3. The predicted molar refractivity (Wildman–Crippen MR) is 133 cm³/mol. The molecule has 0 amide bonds. The third-order valence-corrected chi connectivity index (χ3v) is 8.11. The third kappa shape index (κ3) is 4.38. The molecule has 0 bridgehead atoms. The lowest BCUT2D eigenvalue weighted by Gasteiger charge is -2.40. The molecule has 176 valence electrons. The van der Waals surface area contributed by atoms with Gasteiger partial charge in [0.1, 0.15) is 23.0 Å². The number of amidine groups is 1. The van der Waals surface area contributed by atoms with Crippen molar-refractivity contribution in [3.05, 3.63) is 83.9 Å². The molecule has 1 saturated heterocycles. The van der Waals surface area contributed by atoms with Crippen molar-refractivity contribution in [1.82, 2.24) is 9.21 Å². The number of para-hydroxylation sites is 2. The van der Waals surface area contributed by atoms with E-state index in [0.717, 1.165) is 22.6 Å². The zero-order valence-corrected chi connectivity index (χ0v) is 20.0. The summed E-state index contributed by atoms with van der Waals surface area (Å²) in [7, 11) is -1.82. The van der Waals surface area contributed by atoms with Gasteiger partial charge in [0.2, 0.25) is 10.0 Å². The maximum Gasteiger partial charge on any atom is 0.218 e. The zero-order valence-electron chi connectivity index (χ0n) is 19.2. The van der Waals surface area contributed by atoms with Gasteiger partial charge in [-0.1, -0.05) is 42.5 Å². The maximum atomic E-state index is 13.2. The van der Waals surface area contributed by atoms with Crippen molar-refractivity contribution in [2.45, 2.75) is 18.7 Å². The van der Waals surface area contributed by atoms with Gasteiger partial charge in [-0.3, -0.25) is 0 Å². The monoisotopic (exact) mass is 477 g/mol. The van der Waals surface area contributed by atoms with E-state index in [4.69, 9.17) is 14.5 Å². The third-order valence-electron chi connectivity index (χ3n) is 6.16. The van der Waals surface area contributed by atoms with Crippen molar-refractivity contribution < 1.29 is 17.9 Å². The van der Waals surface area contributed by atoms with Crippen LogP contribution >= 0.6 is 0 Å². The number of piperazine rings is 1. The molecule has 1 fully saturated rings. The Morgan fingerprint density at radius 3 is 2.53 bits per heavy atom. The van der Waals surface area contributed by atoms with E-state index >= 15 is 0 Å². The minimum Gasteiger partial charge on any atom is -0.497 e. The number of methoxy groups -OCH3 is 1. The Balaban J connectivity index is 1.44. The lowest BCUT2D eigenvalue weighted by molar-refractivity contribution is 0.205. The minimum atomic E-state index is -3.44. The SMILES string of the molecule is COc1ccc2c(c1)Oc1ccccc1N=C2N1CCN(S(=O)(=O)Cc2ccccc2)C(C)C1. The Kier molecular flexibility index (Phi) is 6.02. The Bertz CT molecular complexity index is 1320. The van der Waals surface area contributed by atoms with Crippen LogP contribution < -0.4 is 9.47 Å². The van der Waals surface area contributed by atoms with Crippen LogP contribution in [0.3, 0.4) is 0 Å². The molecule has 0 spiro atoms. The lowest BCUT2D eigenvalue weighted by atomic mass is 10.1. The Labute approximate surface area is 200 Å². The summed E-state index contributed by atoms with van der Waals surface area (Å²) in [5.74, 6) is 2.80. The van der Waals surface area contributed by atoms with Crippen LogP contribution in [-0.4, -0.2) is 56.2 Å². The van der Waals surface area contributed by atoms with Gasteiger partial charge in [0.05, 0.1) is 18.4 Å². The summed E-state index contributed by atoms with van der Waals surface area (Å²) in [5.41, 5.74) is 2.38. The van der Waals surface area contributed by atoms with Gasteiger partial charge < -0.3 is 14.4 Å². The molecule has 2 heterocycles. The Morgan fingerprint density at radius 2 is 1.76 bits per heavy atom. The molecular formula is C26H27N3O4S. The van der Waals surface area contributed by atoms with Gasteiger partial charge >= 0.3 is 0 Å². The van der Waals surface area contributed by atoms with Gasteiger partial charge in [0.25, 0.3) is 0 Å². The summed E-state index contributed by atoms with van der Waals surface area (Å²) < 4.78 is 39.6. The van der Waals surface area contributed by atoms with Crippen LogP contribution in [0, 0.1) is 0 Å². The largest absolute Gasteiger partial charge is 0.497 e. The average molecular weight is 478 g/mol. The predicted octanol–water partition coefficient (Wildman–Crippen LogP) is 4.42. The van der Waals surface area contributed by atoms with Gasteiger partial charge in [-0.05, 0) is 36.8 Å². The Hall–Kier alpha value is -3.36. The van der Waals surface area contributed by atoms with Gasteiger partial charge in [-0.2, -0.15) is 4.31 Å². The van der Waals surface area contributed by atoms with E-state index in [2.05, 4.69) is 4.90 Å². The molecule has 1 atom stereocenters. The molecule has 2 aliphatic rings. The van der Waals surface area contributed by atoms with Crippen LogP contribution in [0.1, 0.15) is 18.1 Å². The molecule has 0 saturated carbocycles. The Morgan fingerprint density at radius 1 is 1.00 bits per heavy atom. The quantitative estimate of drug-likeness (QED) is 0.557. The molecule has 0 aromatic heterocycles. The second-order valence-corrected chi connectivity index (χ2v) is 10.4. The van der Waals surface area contributed by atoms with E-state index in [0.29, 0.717) is 36.9 Å². The standard InChI is InChI=1S/C26H27N3O4S/c1-19-17-28(14-15-29(19)34(30,31)18-20-8-4-3-5-9-20)26-22-13-12-21(32-2)16-25(22)33-24-11-7-6-10-23(24)27-26/h3-13,16,19H,14-15,17-18H2,1-2H3.